The van der Waals surface area contributed by atoms with Crippen molar-refractivity contribution in [1.29, 1.82) is 0 Å². The van der Waals surface area contributed by atoms with Crippen LogP contribution in [0.2, 0.25) is 0 Å². The van der Waals surface area contributed by atoms with Crippen LogP contribution in [0.25, 0.3) is 32.6 Å². The Hall–Kier alpha value is -3.12. The van der Waals surface area contributed by atoms with Gasteiger partial charge in [0.1, 0.15) is 5.82 Å². The van der Waals surface area contributed by atoms with Crippen LogP contribution in [0.3, 0.4) is 0 Å². The van der Waals surface area contributed by atoms with Crippen molar-refractivity contribution in [3.05, 3.63) is 42.6 Å². The number of fused-ring (bicyclic) bond motifs is 6. The minimum atomic E-state index is 0.271. The van der Waals surface area contributed by atoms with Gasteiger partial charge in [-0.25, -0.2) is 4.98 Å². The van der Waals surface area contributed by atoms with Crippen molar-refractivity contribution in [2.24, 2.45) is 0 Å². The van der Waals surface area contributed by atoms with Gasteiger partial charge in [0.05, 0.1) is 11.0 Å². The fourth-order valence-electron chi connectivity index (χ4n) is 3.48. The predicted molar refractivity (Wildman–Crippen MR) is 108 cm³/mol. The molecule has 6 nitrogen and oxygen atoms in total. The van der Waals surface area contributed by atoms with Gasteiger partial charge in [-0.05, 0) is 55.9 Å². The van der Waals surface area contributed by atoms with E-state index in [1.165, 1.54) is 0 Å². The first-order valence-corrected chi connectivity index (χ1v) is 8.99. The fourth-order valence-corrected chi connectivity index (χ4v) is 3.48. The quantitative estimate of drug-likeness (QED) is 0.561. The molecule has 0 saturated carbocycles. The van der Waals surface area contributed by atoms with Gasteiger partial charge in [-0.3, -0.25) is 4.98 Å². The SMILES string of the molecule is CN(C)CCNc1ccc2c(ccc3c4cc5c(cc4cnc23)OCO5)n1. The predicted octanol–water partition coefficient (Wildman–Crippen LogP) is 3.64. The lowest BCUT2D eigenvalue weighted by Gasteiger charge is -2.12. The number of nitrogens with one attached hydrogen (secondary N) is 1. The number of rotatable bonds is 4. The zero-order valence-electron chi connectivity index (χ0n) is 15.3. The summed E-state index contributed by atoms with van der Waals surface area (Å²) in [7, 11) is 4.12. The summed E-state index contributed by atoms with van der Waals surface area (Å²) < 4.78 is 11.0. The Bertz CT molecular complexity index is 1170. The molecule has 2 aromatic carbocycles. The van der Waals surface area contributed by atoms with Gasteiger partial charge in [-0.1, -0.05) is 0 Å². The molecule has 0 atom stereocenters. The molecular formula is C21H20N4O2. The van der Waals surface area contributed by atoms with E-state index in [2.05, 4.69) is 42.5 Å². The highest BCUT2D eigenvalue weighted by molar-refractivity contribution is 6.15. The third-order valence-electron chi connectivity index (χ3n) is 4.88. The van der Waals surface area contributed by atoms with Crippen molar-refractivity contribution in [3.8, 4) is 11.5 Å². The van der Waals surface area contributed by atoms with E-state index in [9.17, 15) is 0 Å². The molecule has 4 aromatic rings. The Morgan fingerprint density at radius 1 is 1.00 bits per heavy atom. The van der Waals surface area contributed by atoms with Crippen LogP contribution in [-0.4, -0.2) is 48.8 Å². The summed E-state index contributed by atoms with van der Waals surface area (Å²) in [5.74, 6) is 2.45. The maximum atomic E-state index is 5.55. The Kier molecular flexibility index (Phi) is 3.72. The van der Waals surface area contributed by atoms with E-state index in [0.717, 1.165) is 63.0 Å². The lowest BCUT2D eigenvalue weighted by atomic mass is 10.0. The number of likely N-dealkylation sites (N-methyl/N-ethyl adjacent to an activating group) is 1. The van der Waals surface area contributed by atoms with Crippen LogP contribution in [0.15, 0.2) is 42.6 Å². The molecule has 6 heteroatoms. The van der Waals surface area contributed by atoms with E-state index < -0.39 is 0 Å². The summed E-state index contributed by atoms with van der Waals surface area (Å²) in [4.78, 5) is 11.6. The number of pyridine rings is 2. The summed E-state index contributed by atoms with van der Waals surface area (Å²) in [6.07, 6.45) is 1.89. The highest BCUT2D eigenvalue weighted by Crippen LogP contribution is 2.39. The number of aromatic nitrogens is 2. The third-order valence-corrected chi connectivity index (χ3v) is 4.88. The first-order valence-electron chi connectivity index (χ1n) is 8.99. The Morgan fingerprint density at radius 2 is 1.81 bits per heavy atom. The average molecular weight is 360 g/mol. The molecule has 3 heterocycles. The molecule has 0 saturated heterocycles. The largest absolute Gasteiger partial charge is 0.454 e. The van der Waals surface area contributed by atoms with Crippen LogP contribution in [0.4, 0.5) is 5.82 Å². The third kappa shape index (κ3) is 2.78. The van der Waals surface area contributed by atoms with Gasteiger partial charge in [0.2, 0.25) is 6.79 Å². The monoisotopic (exact) mass is 360 g/mol. The number of ether oxygens (including phenoxy) is 2. The molecule has 0 unspecified atom stereocenters. The lowest BCUT2D eigenvalue weighted by Crippen LogP contribution is -2.21. The van der Waals surface area contributed by atoms with Crippen molar-refractivity contribution in [2.45, 2.75) is 0 Å². The molecule has 0 aliphatic carbocycles. The smallest absolute Gasteiger partial charge is 0.231 e. The average Bonchev–Trinajstić information content (AvgIpc) is 3.12. The van der Waals surface area contributed by atoms with Crippen molar-refractivity contribution >= 4 is 38.4 Å². The molecule has 5 rings (SSSR count). The van der Waals surface area contributed by atoms with Crippen LogP contribution < -0.4 is 14.8 Å². The molecule has 1 aliphatic heterocycles. The van der Waals surface area contributed by atoms with Crippen LogP contribution in [-0.2, 0) is 0 Å². The second-order valence-corrected chi connectivity index (χ2v) is 7.01. The van der Waals surface area contributed by atoms with Gasteiger partial charge in [-0.2, -0.15) is 0 Å². The van der Waals surface area contributed by atoms with E-state index in [1.54, 1.807) is 0 Å². The summed E-state index contributed by atoms with van der Waals surface area (Å²) in [6, 6.07) is 12.3. The van der Waals surface area contributed by atoms with Gasteiger partial charge in [0, 0.05) is 35.4 Å². The Labute approximate surface area is 156 Å². The zero-order chi connectivity index (χ0) is 18.4. The van der Waals surface area contributed by atoms with E-state index in [0.29, 0.717) is 0 Å². The fraction of sp³-hybridized carbons (Fsp3) is 0.238. The normalized spacial score (nSPS) is 13.1. The van der Waals surface area contributed by atoms with Crippen LogP contribution in [0.5, 0.6) is 11.5 Å². The number of hydrogen-bond donors (Lipinski definition) is 1. The molecule has 0 bridgehead atoms. The van der Waals surface area contributed by atoms with E-state index >= 15 is 0 Å². The van der Waals surface area contributed by atoms with Crippen LogP contribution in [0, 0.1) is 0 Å². The second kappa shape index (κ2) is 6.25. The van der Waals surface area contributed by atoms with E-state index in [-0.39, 0.29) is 6.79 Å². The molecule has 136 valence electrons. The second-order valence-electron chi connectivity index (χ2n) is 7.01. The maximum absolute atomic E-state index is 5.55. The summed E-state index contributed by atoms with van der Waals surface area (Å²) in [5, 5.41) is 7.66. The van der Waals surface area contributed by atoms with Crippen molar-refractivity contribution < 1.29 is 9.47 Å². The van der Waals surface area contributed by atoms with Gasteiger partial charge in [0.15, 0.2) is 11.5 Å². The Morgan fingerprint density at radius 3 is 2.67 bits per heavy atom. The molecule has 27 heavy (non-hydrogen) atoms. The lowest BCUT2D eigenvalue weighted by molar-refractivity contribution is 0.174. The molecule has 1 N–H and O–H groups in total. The van der Waals surface area contributed by atoms with Gasteiger partial charge >= 0.3 is 0 Å². The van der Waals surface area contributed by atoms with Crippen molar-refractivity contribution in [1.82, 2.24) is 14.9 Å². The van der Waals surface area contributed by atoms with Gasteiger partial charge in [0.25, 0.3) is 0 Å². The first kappa shape index (κ1) is 16.1. The molecule has 1 aliphatic rings. The maximum Gasteiger partial charge on any atom is 0.231 e. The van der Waals surface area contributed by atoms with Crippen LogP contribution >= 0.6 is 0 Å². The topological polar surface area (TPSA) is 59.5 Å². The standard InChI is InChI=1S/C21H20N4O2/c1-25(2)8-7-22-20-6-4-15-17(24-20)5-3-14-16-10-19-18(26-12-27-19)9-13(16)11-23-21(14)15/h3-6,9-11H,7-8,12H2,1-2H3,(H,22,24). The van der Waals surface area contributed by atoms with Crippen molar-refractivity contribution in [2.75, 3.05) is 39.3 Å². The number of hydrogen-bond acceptors (Lipinski definition) is 6. The highest BCUT2D eigenvalue weighted by Gasteiger charge is 2.16. The molecule has 0 radical (unpaired) electrons. The molecule has 0 spiro atoms. The van der Waals surface area contributed by atoms with E-state index in [4.69, 9.17) is 19.4 Å². The molecule has 0 amide bonds. The number of benzene rings is 2. The van der Waals surface area contributed by atoms with Gasteiger partial charge in [-0.15, -0.1) is 0 Å². The summed E-state index contributed by atoms with van der Waals surface area (Å²) >= 11 is 0. The minimum Gasteiger partial charge on any atom is -0.454 e. The number of nitrogens with zero attached hydrogens (tertiary/aromatic N) is 3. The number of anilines is 1. The van der Waals surface area contributed by atoms with Crippen molar-refractivity contribution in [3.63, 3.8) is 0 Å². The summed E-state index contributed by atoms with van der Waals surface area (Å²) in [5.41, 5.74) is 1.89. The van der Waals surface area contributed by atoms with Gasteiger partial charge < -0.3 is 19.7 Å². The first-order chi connectivity index (χ1) is 13.2. The summed E-state index contributed by atoms with van der Waals surface area (Å²) in [6.45, 7) is 2.09. The van der Waals surface area contributed by atoms with Crippen LogP contribution in [0.1, 0.15) is 0 Å². The molecular weight excluding hydrogens is 340 g/mol. The molecule has 0 fully saturated rings. The molecule has 2 aromatic heterocycles. The Balaban J connectivity index is 1.61. The van der Waals surface area contributed by atoms with E-state index in [1.807, 2.05) is 24.4 Å². The zero-order valence-corrected chi connectivity index (χ0v) is 15.3. The highest BCUT2D eigenvalue weighted by atomic mass is 16.7. The minimum absolute atomic E-state index is 0.271.